The van der Waals surface area contributed by atoms with Gasteiger partial charge in [0.1, 0.15) is 17.8 Å². The molecule has 1 saturated heterocycles. The minimum atomic E-state index is -1.12. The molecule has 2 aromatic rings. The summed E-state index contributed by atoms with van der Waals surface area (Å²) >= 11 is 0. The molecule has 4 amide bonds. The molecule has 2 aromatic carbocycles. The number of carbonyl (C=O) groups is 4. The van der Waals surface area contributed by atoms with Crippen molar-refractivity contribution in [2.45, 2.75) is 70.5 Å². The Labute approximate surface area is 253 Å². The first kappa shape index (κ1) is 32.0. The summed E-state index contributed by atoms with van der Waals surface area (Å²) in [5.41, 5.74) is 2.98. The zero-order valence-electron chi connectivity index (χ0n) is 25.2. The van der Waals surface area contributed by atoms with E-state index < -0.39 is 23.9 Å². The minimum absolute atomic E-state index is 0.0522. The van der Waals surface area contributed by atoms with E-state index in [-0.39, 0.29) is 43.7 Å². The maximum Gasteiger partial charge on any atom is 0.243 e. The van der Waals surface area contributed by atoms with Crippen molar-refractivity contribution in [3.63, 3.8) is 0 Å². The highest BCUT2D eigenvalue weighted by atomic mass is 16.5. The van der Waals surface area contributed by atoms with Crippen LogP contribution >= 0.6 is 0 Å². The Morgan fingerprint density at radius 2 is 1.91 bits per heavy atom. The van der Waals surface area contributed by atoms with E-state index in [0.717, 1.165) is 41.7 Å². The van der Waals surface area contributed by atoms with E-state index in [9.17, 15) is 19.2 Å². The smallest absolute Gasteiger partial charge is 0.243 e. The minimum Gasteiger partial charge on any atom is -0.494 e. The second kappa shape index (κ2) is 16.1. The Morgan fingerprint density at radius 3 is 2.70 bits per heavy atom. The zero-order valence-corrected chi connectivity index (χ0v) is 25.2. The number of piperidine rings is 1. The molecule has 4 bridgehead atoms. The number of nitrogens with zero attached hydrogens (tertiary/aromatic N) is 1. The summed E-state index contributed by atoms with van der Waals surface area (Å²) in [6.07, 6.45) is 3.42. The zero-order chi connectivity index (χ0) is 30.6. The van der Waals surface area contributed by atoms with E-state index in [1.54, 1.807) is 4.90 Å². The lowest BCUT2D eigenvalue weighted by atomic mass is 9.94. The first-order valence-corrected chi connectivity index (χ1v) is 15.2. The lowest BCUT2D eigenvalue weighted by Gasteiger charge is -2.34. The normalized spacial score (nSPS) is 22.0. The van der Waals surface area contributed by atoms with E-state index in [0.29, 0.717) is 32.5 Å². The average Bonchev–Trinajstić information content (AvgIpc) is 3.01. The topological polar surface area (TPSA) is 126 Å². The van der Waals surface area contributed by atoms with Crippen molar-refractivity contribution in [1.82, 2.24) is 20.9 Å². The summed E-state index contributed by atoms with van der Waals surface area (Å²) in [5, 5.41) is 8.56. The molecular formula is C33H44N4O6. The quantitative estimate of drug-likeness (QED) is 0.454. The van der Waals surface area contributed by atoms with Crippen LogP contribution in [0.5, 0.6) is 5.75 Å². The summed E-state index contributed by atoms with van der Waals surface area (Å²) in [7, 11) is 1.49. The molecule has 10 heteroatoms. The van der Waals surface area contributed by atoms with Crippen LogP contribution < -0.4 is 20.7 Å². The van der Waals surface area contributed by atoms with E-state index in [1.807, 2.05) is 55.5 Å². The number of hydrogen-bond acceptors (Lipinski definition) is 6. The van der Waals surface area contributed by atoms with Gasteiger partial charge in [-0.3, -0.25) is 19.2 Å². The molecule has 2 heterocycles. The Balaban J connectivity index is 1.59. The number of nitrogens with one attached hydrogen (secondary N) is 3. The number of benzene rings is 2. The highest BCUT2D eigenvalue weighted by Crippen LogP contribution is 2.23. The van der Waals surface area contributed by atoms with Crippen molar-refractivity contribution < 1.29 is 28.7 Å². The van der Waals surface area contributed by atoms with Gasteiger partial charge in [-0.05, 0) is 73.8 Å². The molecule has 4 rings (SSSR count). The van der Waals surface area contributed by atoms with Crippen molar-refractivity contribution >= 4 is 23.6 Å². The van der Waals surface area contributed by atoms with Crippen LogP contribution in [0.1, 0.15) is 55.2 Å². The molecule has 43 heavy (non-hydrogen) atoms. The van der Waals surface area contributed by atoms with Crippen LogP contribution in [0.15, 0.2) is 48.5 Å². The molecule has 3 atom stereocenters. The number of carbonyl (C=O) groups excluding carboxylic acids is 4. The maximum absolute atomic E-state index is 13.7. The Bertz CT molecular complexity index is 1250. The number of amides is 4. The summed E-state index contributed by atoms with van der Waals surface area (Å²) < 4.78 is 11.1. The third-order valence-electron chi connectivity index (χ3n) is 8.20. The second-order valence-corrected chi connectivity index (χ2v) is 11.4. The van der Waals surface area contributed by atoms with Crippen LogP contribution in [0, 0.1) is 12.8 Å². The van der Waals surface area contributed by atoms with Crippen molar-refractivity contribution in [3.05, 3.63) is 65.2 Å². The fourth-order valence-corrected chi connectivity index (χ4v) is 5.58. The van der Waals surface area contributed by atoms with Crippen molar-refractivity contribution in [3.8, 4) is 5.75 Å². The largest absolute Gasteiger partial charge is 0.494 e. The Hall–Kier alpha value is -3.92. The SMILES string of the molecule is COCCC(=O)N[C@H]1CC(=O)N2CCCC(CCOc3ccc(C)c(c3)CNC(=O)[C@H](CCc3ccccc3)NC1=O)C2. The molecule has 2 aliphatic rings. The number of aryl methyl sites for hydroxylation is 2. The van der Waals surface area contributed by atoms with Crippen molar-refractivity contribution in [2.24, 2.45) is 5.92 Å². The average molecular weight is 593 g/mol. The molecule has 2 aliphatic heterocycles. The molecule has 0 aliphatic carbocycles. The van der Waals surface area contributed by atoms with E-state index in [4.69, 9.17) is 9.47 Å². The Morgan fingerprint density at radius 1 is 1.09 bits per heavy atom. The van der Waals surface area contributed by atoms with Crippen LogP contribution in [-0.2, 0) is 36.9 Å². The molecule has 0 radical (unpaired) electrons. The van der Waals surface area contributed by atoms with Gasteiger partial charge in [0, 0.05) is 33.2 Å². The summed E-state index contributed by atoms with van der Waals surface area (Å²) in [6, 6.07) is 13.6. The number of fused-ring (bicyclic) bond motifs is 4. The van der Waals surface area contributed by atoms with Gasteiger partial charge in [-0.2, -0.15) is 0 Å². The maximum atomic E-state index is 13.7. The highest BCUT2D eigenvalue weighted by Gasteiger charge is 2.31. The number of methoxy groups -OCH3 is 1. The second-order valence-electron chi connectivity index (χ2n) is 11.4. The van der Waals surface area contributed by atoms with Crippen LogP contribution in [0.2, 0.25) is 0 Å². The van der Waals surface area contributed by atoms with Crippen molar-refractivity contribution in [2.75, 3.05) is 33.4 Å². The van der Waals surface area contributed by atoms with Gasteiger partial charge in [-0.25, -0.2) is 0 Å². The van der Waals surface area contributed by atoms with Gasteiger partial charge < -0.3 is 30.3 Å². The van der Waals surface area contributed by atoms with Gasteiger partial charge in [0.2, 0.25) is 23.6 Å². The standard InChI is InChI=1S/C33H44N4O6/c1-23-10-12-27-19-26(23)21-34-32(40)28(13-11-24-7-4-3-5-8-24)36-33(41)29(35-30(38)15-17-42-2)20-31(39)37-16-6-9-25(22-37)14-18-43-27/h3-5,7-8,10,12,19,25,28-29H,6,9,11,13-18,20-22H2,1-2H3,(H,34,40)(H,35,38)(H,36,41)/t25?,28-,29-/m0/s1. The van der Waals surface area contributed by atoms with E-state index in [2.05, 4.69) is 16.0 Å². The van der Waals surface area contributed by atoms with Crippen LogP contribution in [-0.4, -0.2) is 74.0 Å². The third-order valence-corrected chi connectivity index (χ3v) is 8.20. The van der Waals surface area contributed by atoms with Crippen LogP contribution in [0.3, 0.4) is 0 Å². The third kappa shape index (κ3) is 9.81. The fraction of sp³-hybridized carbons (Fsp3) is 0.515. The highest BCUT2D eigenvalue weighted by molar-refractivity contribution is 5.95. The predicted octanol–water partition coefficient (Wildman–Crippen LogP) is 2.66. The van der Waals surface area contributed by atoms with E-state index >= 15 is 0 Å². The molecule has 3 N–H and O–H groups in total. The molecule has 232 valence electrons. The lowest BCUT2D eigenvalue weighted by Crippen LogP contribution is -2.55. The Kier molecular flexibility index (Phi) is 12.0. The van der Waals surface area contributed by atoms with Gasteiger partial charge in [0.05, 0.1) is 19.6 Å². The molecular weight excluding hydrogens is 548 g/mol. The molecule has 0 spiro atoms. The number of rotatable bonds is 7. The lowest BCUT2D eigenvalue weighted by molar-refractivity contribution is -0.138. The summed E-state index contributed by atoms with van der Waals surface area (Å²) in [6.45, 7) is 4.14. The first-order valence-electron chi connectivity index (χ1n) is 15.2. The predicted molar refractivity (Wildman–Crippen MR) is 162 cm³/mol. The molecule has 1 unspecified atom stereocenters. The first-order chi connectivity index (χ1) is 20.8. The van der Waals surface area contributed by atoms with Crippen LogP contribution in [0.25, 0.3) is 0 Å². The molecule has 10 nitrogen and oxygen atoms in total. The van der Waals surface area contributed by atoms with Gasteiger partial charge in [-0.15, -0.1) is 0 Å². The van der Waals surface area contributed by atoms with Gasteiger partial charge in [-0.1, -0.05) is 36.4 Å². The molecule has 0 aromatic heterocycles. The van der Waals surface area contributed by atoms with Gasteiger partial charge >= 0.3 is 0 Å². The van der Waals surface area contributed by atoms with Crippen molar-refractivity contribution in [1.29, 1.82) is 0 Å². The molecule has 1 fully saturated rings. The molecule has 0 saturated carbocycles. The van der Waals surface area contributed by atoms with Gasteiger partial charge in [0.15, 0.2) is 0 Å². The van der Waals surface area contributed by atoms with E-state index in [1.165, 1.54) is 7.11 Å². The van der Waals surface area contributed by atoms with Crippen LogP contribution in [0.4, 0.5) is 0 Å². The monoisotopic (exact) mass is 592 g/mol. The summed E-state index contributed by atoms with van der Waals surface area (Å²) in [4.78, 5) is 55.1. The fourth-order valence-electron chi connectivity index (χ4n) is 5.58. The number of ether oxygens (including phenoxy) is 2. The number of hydrogen-bond donors (Lipinski definition) is 3. The van der Waals surface area contributed by atoms with Gasteiger partial charge in [0.25, 0.3) is 0 Å². The summed E-state index contributed by atoms with van der Waals surface area (Å²) in [5.74, 6) is -0.481.